The quantitative estimate of drug-likeness (QED) is 0.838. The van der Waals surface area contributed by atoms with Gasteiger partial charge in [-0.25, -0.2) is 9.97 Å². The summed E-state index contributed by atoms with van der Waals surface area (Å²) in [6.07, 6.45) is 3.72. The van der Waals surface area contributed by atoms with Gasteiger partial charge < -0.3 is 15.8 Å². The molecule has 7 nitrogen and oxygen atoms in total. The fraction of sp³-hybridized carbons (Fsp3) is 0.333. The van der Waals surface area contributed by atoms with Crippen molar-refractivity contribution in [2.75, 3.05) is 17.7 Å². The molecule has 0 saturated heterocycles. The Bertz CT molecular complexity index is 825. The summed E-state index contributed by atoms with van der Waals surface area (Å²) in [6.45, 7) is 4.41. The van der Waals surface area contributed by atoms with E-state index in [2.05, 4.69) is 27.2 Å². The van der Waals surface area contributed by atoms with Crippen LogP contribution in [0.1, 0.15) is 36.3 Å². The third-order valence-corrected chi connectivity index (χ3v) is 4.89. The van der Waals surface area contributed by atoms with Gasteiger partial charge in [-0.2, -0.15) is 0 Å². The number of carbonyl (C=O) groups is 1. The van der Waals surface area contributed by atoms with Crippen LogP contribution in [-0.2, 0) is 5.54 Å². The van der Waals surface area contributed by atoms with E-state index < -0.39 is 0 Å². The van der Waals surface area contributed by atoms with Gasteiger partial charge in [-0.05, 0) is 38.0 Å². The molecule has 0 spiro atoms. The minimum atomic E-state index is -0.380. The van der Waals surface area contributed by atoms with Gasteiger partial charge in [0.2, 0.25) is 5.88 Å². The maximum Gasteiger partial charge on any atom is 0.275 e. The van der Waals surface area contributed by atoms with E-state index in [1.54, 1.807) is 11.8 Å². The number of amidine groups is 1. The Balaban J connectivity index is 1.76. The van der Waals surface area contributed by atoms with E-state index in [9.17, 15) is 4.79 Å². The number of anilines is 1. The first-order valence-corrected chi connectivity index (χ1v) is 9.33. The molecule has 0 saturated carbocycles. The Hall–Kier alpha value is -2.61. The number of carbonyl (C=O) groups excluding carboxylic acids is 1. The second-order valence-electron chi connectivity index (χ2n) is 6.03. The van der Waals surface area contributed by atoms with Gasteiger partial charge in [0.1, 0.15) is 5.69 Å². The average molecular weight is 371 g/mol. The summed E-state index contributed by atoms with van der Waals surface area (Å²) in [6, 6.07) is 7.65. The van der Waals surface area contributed by atoms with Crippen LogP contribution in [-0.4, -0.2) is 33.4 Å². The molecule has 2 aromatic rings. The minimum Gasteiger partial charge on any atom is -0.477 e. The van der Waals surface area contributed by atoms with Gasteiger partial charge in [0.05, 0.1) is 24.5 Å². The SMILES string of the molecule is CCOc1cnc(C(=O)Nc2cccc([C@]3(C)CCSC(N)=N3)c2)cn1. The number of ether oxygens (including phenoxy) is 1. The number of nitrogens with one attached hydrogen (secondary N) is 1. The van der Waals surface area contributed by atoms with Crippen LogP contribution in [0.5, 0.6) is 5.88 Å². The first-order valence-electron chi connectivity index (χ1n) is 8.35. The normalized spacial score (nSPS) is 19.5. The topological polar surface area (TPSA) is 102 Å². The second kappa shape index (κ2) is 7.74. The van der Waals surface area contributed by atoms with Crippen molar-refractivity contribution in [3.63, 3.8) is 0 Å². The third kappa shape index (κ3) is 4.13. The first kappa shape index (κ1) is 18.2. The Morgan fingerprint density at radius 1 is 1.38 bits per heavy atom. The Kier molecular flexibility index (Phi) is 5.41. The highest BCUT2D eigenvalue weighted by Crippen LogP contribution is 2.35. The fourth-order valence-electron chi connectivity index (χ4n) is 2.68. The molecular formula is C18H21N5O2S. The van der Waals surface area contributed by atoms with Crippen molar-refractivity contribution in [2.24, 2.45) is 10.7 Å². The molecule has 1 aromatic heterocycles. The zero-order valence-corrected chi connectivity index (χ0v) is 15.5. The number of benzene rings is 1. The van der Waals surface area contributed by atoms with Crippen molar-refractivity contribution in [3.05, 3.63) is 47.9 Å². The Morgan fingerprint density at radius 2 is 2.23 bits per heavy atom. The summed E-state index contributed by atoms with van der Waals surface area (Å²) in [4.78, 5) is 25.1. The highest BCUT2D eigenvalue weighted by Gasteiger charge is 2.29. The maximum absolute atomic E-state index is 12.4. The summed E-state index contributed by atoms with van der Waals surface area (Å²) in [5, 5.41) is 3.45. The Morgan fingerprint density at radius 3 is 2.92 bits per heavy atom. The summed E-state index contributed by atoms with van der Waals surface area (Å²) >= 11 is 1.56. The van der Waals surface area contributed by atoms with Crippen LogP contribution in [0, 0.1) is 0 Å². The lowest BCUT2D eigenvalue weighted by Crippen LogP contribution is -2.28. The number of nitrogens with zero attached hydrogens (tertiary/aromatic N) is 3. The fourth-order valence-corrected chi connectivity index (χ4v) is 3.65. The van der Waals surface area contributed by atoms with E-state index in [4.69, 9.17) is 10.5 Å². The molecule has 3 N–H and O–H groups in total. The lowest BCUT2D eigenvalue weighted by molar-refractivity contribution is 0.102. The lowest BCUT2D eigenvalue weighted by atomic mass is 9.89. The average Bonchev–Trinajstić information content (AvgIpc) is 2.63. The highest BCUT2D eigenvalue weighted by atomic mass is 32.2. The molecule has 0 radical (unpaired) electrons. The van der Waals surface area contributed by atoms with Crippen molar-refractivity contribution in [3.8, 4) is 5.88 Å². The predicted octanol–water partition coefficient (Wildman–Crippen LogP) is 2.79. The number of rotatable bonds is 5. The second-order valence-corrected chi connectivity index (χ2v) is 7.15. The first-order chi connectivity index (χ1) is 12.5. The molecule has 0 bridgehead atoms. The molecule has 1 amide bonds. The van der Waals surface area contributed by atoms with Gasteiger partial charge in [0.15, 0.2) is 5.17 Å². The largest absolute Gasteiger partial charge is 0.477 e. The Labute approximate surface area is 156 Å². The van der Waals surface area contributed by atoms with Gasteiger partial charge in [0.25, 0.3) is 5.91 Å². The van der Waals surface area contributed by atoms with Crippen molar-refractivity contribution in [2.45, 2.75) is 25.8 Å². The molecule has 26 heavy (non-hydrogen) atoms. The molecule has 136 valence electrons. The molecule has 1 atom stereocenters. The number of thioether (sulfide) groups is 1. The van der Waals surface area contributed by atoms with Crippen molar-refractivity contribution < 1.29 is 9.53 Å². The monoisotopic (exact) mass is 371 g/mol. The van der Waals surface area contributed by atoms with E-state index >= 15 is 0 Å². The summed E-state index contributed by atoms with van der Waals surface area (Å²) in [7, 11) is 0. The van der Waals surface area contributed by atoms with Crippen LogP contribution in [0.2, 0.25) is 0 Å². The molecule has 1 aliphatic rings. The number of amides is 1. The summed E-state index contributed by atoms with van der Waals surface area (Å²) in [5.74, 6) is 0.985. The van der Waals surface area contributed by atoms with Gasteiger partial charge in [-0.3, -0.25) is 9.79 Å². The van der Waals surface area contributed by atoms with E-state index in [0.29, 0.717) is 23.3 Å². The van der Waals surface area contributed by atoms with E-state index in [1.807, 2.05) is 31.2 Å². The van der Waals surface area contributed by atoms with Crippen LogP contribution >= 0.6 is 11.8 Å². The smallest absolute Gasteiger partial charge is 0.275 e. The highest BCUT2D eigenvalue weighted by molar-refractivity contribution is 8.13. The number of hydrogen-bond acceptors (Lipinski definition) is 7. The van der Waals surface area contributed by atoms with E-state index in [0.717, 1.165) is 17.7 Å². The van der Waals surface area contributed by atoms with Crippen molar-refractivity contribution >= 4 is 28.5 Å². The van der Waals surface area contributed by atoms with Crippen LogP contribution in [0.3, 0.4) is 0 Å². The van der Waals surface area contributed by atoms with Crippen LogP contribution in [0.4, 0.5) is 5.69 Å². The van der Waals surface area contributed by atoms with Gasteiger partial charge in [-0.15, -0.1) is 0 Å². The third-order valence-electron chi connectivity index (χ3n) is 4.09. The molecule has 2 heterocycles. The van der Waals surface area contributed by atoms with Crippen molar-refractivity contribution in [1.82, 2.24) is 9.97 Å². The van der Waals surface area contributed by atoms with Crippen LogP contribution in [0.25, 0.3) is 0 Å². The van der Waals surface area contributed by atoms with Crippen LogP contribution in [0.15, 0.2) is 41.7 Å². The number of aliphatic imine (C=N–C) groups is 1. The zero-order chi connectivity index (χ0) is 18.6. The molecule has 0 aliphatic carbocycles. The molecule has 1 aromatic carbocycles. The molecule has 3 rings (SSSR count). The lowest BCUT2D eigenvalue weighted by Gasteiger charge is -2.30. The van der Waals surface area contributed by atoms with Crippen LogP contribution < -0.4 is 15.8 Å². The number of nitrogens with two attached hydrogens (primary N) is 1. The molecule has 0 unspecified atom stereocenters. The standard InChI is InChI=1S/C18H21N5O2S/c1-3-25-15-11-20-14(10-21-15)16(24)22-13-6-4-5-12(9-13)18(2)7-8-26-17(19)23-18/h4-6,9-11H,3,7-8H2,1-2H3,(H2,19,23)(H,22,24)/t18-/m0/s1. The minimum absolute atomic E-state index is 0.224. The van der Waals surface area contributed by atoms with Gasteiger partial charge >= 0.3 is 0 Å². The molecular weight excluding hydrogens is 350 g/mol. The zero-order valence-electron chi connectivity index (χ0n) is 14.7. The predicted molar refractivity (Wildman–Crippen MR) is 104 cm³/mol. The maximum atomic E-state index is 12.4. The van der Waals surface area contributed by atoms with Crippen molar-refractivity contribution in [1.29, 1.82) is 0 Å². The van der Waals surface area contributed by atoms with Gasteiger partial charge in [-0.1, -0.05) is 23.9 Å². The molecule has 0 fully saturated rings. The van der Waals surface area contributed by atoms with E-state index in [1.165, 1.54) is 12.4 Å². The van der Waals surface area contributed by atoms with Gasteiger partial charge in [0, 0.05) is 11.4 Å². The summed E-state index contributed by atoms with van der Waals surface area (Å²) < 4.78 is 5.23. The molecule has 1 aliphatic heterocycles. The molecule has 8 heteroatoms. The summed E-state index contributed by atoms with van der Waals surface area (Å²) in [5.41, 5.74) is 7.43. The number of hydrogen-bond donors (Lipinski definition) is 2. The van der Waals surface area contributed by atoms with E-state index in [-0.39, 0.29) is 17.1 Å². The number of aromatic nitrogens is 2.